The summed E-state index contributed by atoms with van der Waals surface area (Å²) in [6.07, 6.45) is 0. The van der Waals surface area contributed by atoms with Gasteiger partial charge >= 0.3 is 0 Å². The molecule has 0 spiro atoms. The lowest BCUT2D eigenvalue weighted by Crippen LogP contribution is -2.53. The van der Waals surface area contributed by atoms with Crippen LogP contribution in [-0.2, 0) is 0 Å². The number of halogens is 5. The van der Waals surface area contributed by atoms with Crippen molar-refractivity contribution in [3.05, 3.63) is 69.0 Å². The molecule has 0 saturated carbocycles. The first-order chi connectivity index (χ1) is 14.6. The molecule has 1 aliphatic heterocycles. The molecular weight excluding hydrogens is 447 g/mol. The smallest absolute Gasteiger partial charge is 0.270 e. The topological polar surface area (TPSA) is 78.7 Å². The van der Waals surface area contributed by atoms with E-state index < -0.39 is 45.6 Å². The maximum absolute atomic E-state index is 14.0. The maximum Gasteiger partial charge on any atom is 0.270 e. The summed E-state index contributed by atoms with van der Waals surface area (Å²) in [5.74, 6) is -10.8. The molecule has 1 amide bonds. The first-order valence-electron chi connectivity index (χ1n) is 8.73. The number of non-ortho nitro benzene ring substituents is 1. The van der Waals surface area contributed by atoms with Crippen molar-refractivity contribution < 1.29 is 31.7 Å². The zero-order chi connectivity index (χ0) is 22.9. The Morgan fingerprint density at radius 1 is 0.968 bits per heavy atom. The van der Waals surface area contributed by atoms with Gasteiger partial charge < -0.3 is 9.80 Å². The maximum atomic E-state index is 14.0. The molecule has 7 nitrogen and oxygen atoms in total. The molecule has 0 radical (unpaired) electrons. The third-order valence-electron chi connectivity index (χ3n) is 4.61. The average Bonchev–Trinajstić information content (AvgIpc) is 2.77. The monoisotopic (exact) mass is 460 g/mol. The molecule has 1 fully saturated rings. The fourth-order valence-electron chi connectivity index (χ4n) is 3.01. The van der Waals surface area contributed by atoms with Gasteiger partial charge in [0.1, 0.15) is 5.69 Å². The lowest BCUT2D eigenvalue weighted by Gasteiger charge is -2.37. The van der Waals surface area contributed by atoms with Gasteiger partial charge in [0.25, 0.3) is 11.6 Å². The van der Waals surface area contributed by atoms with E-state index in [2.05, 4.69) is 5.32 Å². The van der Waals surface area contributed by atoms with Gasteiger partial charge in [0, 0.05) is 43.9 Å². The molecule has 0 atom stereocenters. The van der Waals surface area contributed by atoms with Gasteiger partial charge in [-0.05, 0) is 18.3 Å². The van der Waals surface area contributed by atoms with Crippen LogP contribution in [0, 0.1) is 39.2 Å². The first kappa shape index (κ1) is 22.3. The third-order valence-corrected chi connectivity index (χ3v) is 4.97. The quantitative estimate of drug-likeness (QED) is 0.189. The zero-order valence-corrected chi connectivity index (χ0v) is 16.3. The van der Waals surface area contributed by atoms with Crippen molar-refractivity contribution in [1.82, 2.24) is 10.2 Å². The van der Waals surface area contributed by atoms with Gasteiger partial charge in [-0.1, -0.05) is 6.07 Å². The van der Waals surface area contributed by atoms with Crippen LogP contribution in [-0.4, -0.2) is 47.0 Å². The molecule has 0 bridgehead atoms. The normalized spacial score (nSPS) is 13.8. The number of nitro benzene ring substituents is 1. The number of anilines is 1. The Balaban J connectivity index is 1.66. The molecule has 1 saturated heterocycles. The van der Waals surface area contributed by atoms with Gasteiger partial charge in [0.05, 0.1) is 4.92 Å². The van der Waals surface area contributed by atoms with Crippen molar-refractivity contribution in [2.45, 2.75) is 0 Å². The van der Waals surface area contributed by atoms with E-state index in [1.165, 1.54) is 23.1 Å². The minimum atomic E-state index is -2.23. The van der Waals surface area contributed by atoms with Crippen molar-refractivity contribution in [2.24, 2.45) is 0 Å². The van der Waals surface area contributed by atoms with E-state index in [9.17, 15) is 36.9 Å². The van der Waals surface area contributed by atoms with E-state index in [1.54, 1.807) is 0 Å². The standard InChI is InChI=1S/C18H13F5N4O3S/c19-11-12(20)14(22)16(15(23)13(11)21)25-4-6-26(7-5-25)18(31)24-17(28)9-2-1-3-10(8-9)27(29)30/h1-3,8H,4-7H2,(H,24,28,31). The van der Waals surface area contributed by atoms with E-state index in [-0.39, 0.29) is 42.5 Å². The minimum Gasteiger partial charge on any atom is -0.363 e. The van der Waals surface area contributed by atoms with Crippen LogP contribution in [0.5, 0.6) is 0 Å². The fraction of sp³-hybridized carbons (Fsp3) is 0.222. The lowest BCUT2D eigenvalue weighted by atomic mass is 10.2. The lowest BCUT2D eigenvalue weighted by molar-refractivity contribution is -0.384. The number of nitro groups is 1. The van der Waals surface area contributed by atoms with Gasteiger partial charge in [0.2, 0.25) is 5.82 Å². The Hall–Kier alpha value is -3.35. The number of benzene rings is 2. The predicted octanol–water partition coefficient (Wildman–Crippen LogP) is 3.13. The number of hydrogen-bond donors (Lipinski definition) is 1. The summed E-state index contributed by atoms with van der Waals surface area (Å²) in [5, 5.41) is 13.2. The molecule has 0 unspecified atom stereocenters. The second-order valence-corrected chi connectivity index (χ2v) is 6.85. The van der Waals surface area contributed by atoms with Crippen LogP contribution < -0.4 is 10.2 Å². The van der Waals surface area contributed by atoms with Crippen LogP contribution in [0.1, 0.15) is 10.4 Å². The number of carbonyl (C=O) groups excluding carboxylic acids is 1. The molecule has 31 heavy (non-hydrogen) atoms. The van der Waals surface area contributed by atoms with Gasteiger partial charge in [0.15, 0.2) is 28.4 Å². The number of nitrogens with one attached hydrogen (secondary N) is 1. The van der Waals surface area contributed by atoms with Crippen molar-refractivity contribution in [3.8, 4) is 0 Å². The molecule has 1 heterocycles. The number of nitrogens with zero attached hydrogens (tertiary/aromatic N) is 3. The van der Waals surface area contributed by atoms with Gasteiger partial charge in [-0.2, -0.15) is 0 Å². The molecule has 3 rings (SSSR count). The molecule has 0 aromatic heterocycles. The van der Waals surface area contributed by atoms with Gasteiger partial charge in [-0.3, -0.25) is 20.2 Å². The zero-order valence-electron chi connectivity index (χ0n) is 15.5. The molecule has 1 N–H and O–H groups in total. The number of hydrogen-bond acceptors (Lipinski definition) is 5. The molecule has 0 aliphatic carbocycles. The summed E-state index contributed by atoms with van der Waals surface area (Å²) < 4.78 is 68.1. The van der Waals surface area contributed by atoms with Crippen LogP contribution in [0.25, 0.3) is 0 Å². The minimum absolute atomic E-state index is 0.00316. The van der Waals surface area contributed by atoms with Crippen LogP contribution in [0.4, 0.5) is 33.3 Å². The molecule has 13 heteroatoms. The van der Waals surface area contributed by atoms with Crippen LogP contribution in [0.2, 0.25) is 0 Å². The largest absolute Gasteiger partial charge is 0.363 e. The van der Waals surface area contributed by atoms with Crippen molar-refractivity contribution in [2.75, 3.05) is 31.1 Å². The van der Waals surface area contributed by atoms with Crippen LogP contribution in [0.15, 0.2) is 24.3 Å². The Bertz CT molecular complexity index is 1050. The van der Waals surface area contributed by atoms with Gasteiger partial charge in [-0.15, -0.1) is 0 Å². The Morgan fingerprint density at radius 3 is 2.06 bits per heavy atom. The van der Waals surface area contributed by atoms with E-state index in [0.29, 0.717) is 0 Å². The molecule has 2 aromatic carbocycles. The SMILES string of the molecule is O=C(NC(=S)N1CCN(c2c(F)c(F)c(F)c(F)c2F)CC1)c1cccc([N+](=O)[O-])c1. The van der Waals surface area contributed by atoms with E-state index >= 15 is 0 Å². The highest BCUT2D eigenvalue weighted by molar-refractivity contribution is 7.80. The highest BCUT2D eigenvalue weighted by Crippen LogP contribution is 2.30. The van der Waals surface area contributed by atoms with Crippen molar-refractivity contribution in [1.29, 1.82) is 0 Å². The average molecular weight is 460 g/mol. The number of rotatable bonds is 3. The van der Waals surface area contributed by atoms with Gasteiger partial charge in [-0.25, -0.2) is 22.0 Å². The fourth-order valence-corrected chi connectivity index (χ4v) is 3.29. The number of amides is 1. The first-order valence-corrected chi connectivity index (χ1v) is 9.13. The molecule has 164 valence electrons. The van der Waals surface area contributed by atoms with Crippen LogP contribution in [0.3, 0.4) is 0 Å². The van der Waals surface area contributed by atoms with Crippen molar-refractivity contribution in [3.63, 3.8) is 0 Å². The molecular formula is C18H13F5N4O3S. The second kappa shape index (κ2) is 8.79. The summed E-state index contributed by atoms with van der Waals surface area (Å²) in [6.45, 7) is -0.225. The summed E-state index contributed by atoms with van der Waals surface area (Å²) >= 11 is 5.12. The Kier molecular flexibility index (Phi) is 6.34. The third kappa shape index (κ3) is 4.40. The predicted molar refractivity (Wildman–Crippen MR) is 103 cm³/mol. The summed E-state index contributed by atoms with van der Waals surface area (Å²) in [4.78, 5) is 24.9. The van der Waals surface area contributed by atoms with E-state index in [1.807, 2.05) is 0 Å². The summed E-state index contributed by atoms with van der Waals surface area (Å²) in [5.41, 5.74) is -1.31. The Morgan fingerprint density at radius 2 is 1.52 bits per heavy atom. The van der Waals surface area contributed by atoms with E-state index in [4.69, 9.17) is 12.2 Å². The summed E-state index contributed by atoms with van der Waals surface area (Å²) in [6, 6.07) is 4.97. The number of piperazine rings is 1. The van der Waals surface area contributed by atoms with E-state index in [0.717, 1.165) is 11.0 Å². The van der Waals surface area contributed by atoms with Crippen LogP contribution >= 0.6 is 12.2 Å². The highest BCUT2D eigenvalue weighted by Gasteiger charge is 2.31. The second-order valence-electron chi connectivity index (χ2n) is 6.46. The number of carbonyl (C=O) groups is 1. The summed E-state index contributed by atoms with van der Waals surface area (Å²) in [7, 11) is 0. The Labute approximate surface area is 177 Å². The highest BCUT2D eigenvalue weighted by atomic mass is 32.1. The molecule has 1 aliphatic rings. The van der Waals surface area contributed by atoms with Crippen molar-refractivity contribution >= 4 is 34.6 Å². The number of thiocarbonyl (C=S) groups is 1. The molecule has 2 aromatic rings.